The molecule has 0 aliphatic carbocycles. The van der Waals surface area contributed by atoms with Crippen molar-refractivity contribution < 1.29 is 19.0 Å². The summed E-state index contributed by atoms with van der Waals surface area (Å²) in [5.41, 5.74) is 2.74. The van der Waals surface area contributed by atoms with Crippen molar-refractivity contribution in [2.75, 3.05) is 21.3 Å². The van der Waals surface area contributed by atoms with Gasteiger partial charge < -0.3 is 19.5 Å². The van der Waals surface area contributed by atoms with Gasteiger partial charge in [-0.1, -0.05) is 32.0 Å². The zero-order chi connectivity index (χ0) is 21.8. The molecule has 1 aromatic heterocycles. The normalized spacial score (nSPS) is 12.0. The molecule has 0 saturated carbocycles. The quantitative estimate of drug-likeness (QED) is 0.614. The van der Waals surface area contributed by atoms with Crippen molar-refractivity contribution in [1.82, 2.24) is 10.3 Å². The van der Waals surface area contributed by atoms with Crippen LogP contribution in [-0.4, -0.2) is 38.3 Å². The van der Waals surface area contributed by atoms with Crippen LogP contribution >= 0.6 is 0 Å². The van der Waals surface area contributed by atoms with Gasteiger partial charge in [-0.15, -0.1) is 0 Å². The number of carbonyl (C=O) groups excluding carboxylic acids is 1. The molecule has 3 rings (SSSR count). The van der Waals surface area contributed by atoms with E-state index >= 15 is 0 Å². The van der Waals surface area contributed by atoms with Gasteiger partial charge in [-0.2, -0.15) is 0 Å². The number of amides is 1. The highest BCUT2D eigenvalue weighted by Crippen LogP contribution is 2.41. The van der Waals surface area contributed by atoms with Crippen molar-refractivity contribution in [2.24, 2.45) is 5.92 Å². The Bertz CT molecular complexity index is 1040. The van der Waals surface area contributed by atoms with Gasteiger partial charge in [0.25, 0.3) is 5.91 Å². The molecular formula is C24H28N2O4. The molecule has 6 nitrogen and oxygen atoms in total. The van der Waals surface area contributed by atoms with E-state index in [9.17, 15) is 4.79 Å². The summed E-state index contributed by atoms with van der Waals surface area (Å²) < 4.78 is 16.4. The van der Waals surface area contributed by atoms with E-state index in [0.717, 1.165) is 16.5 Å². The number of pyridine rings is 1. The maximum absolute atomic E-state index is 13.1. The topological polar surface area (TPSA) is 69.7 Å². The van der Waals surface area contributed by atoms with Crippen LogP contribution in [0.25, 0.3) is 22.2 Å². The Hall–Kier alpha value is -3.28. The maximum atomic E-state index is 13.1. The number of rotatable bonds is 7. The van der Waals surface area contributed by atoms with Gasteiger partial charge in [-0.3, -0.25) is 4.79 Å². The number of carbonyl (C=O) groups is 1. The minimum absolute atomic E-state index is 0.0500. The van der Waals surface area contributed by atoms with Crippen LogP contribution in [0.15, 0.2) is 42.5 Å². The van der Waals surface area contributed by atoms with Gasteiger partial charge >= 0.3 is 0 Å². The standard InChI is InChI=1S/C24H28N2O4/c1-14(2)15(3)25-24(27)18-13-20(26-19-10-8-7-9-17(18)19)16-11-21(28-4)23(30-6)22(12-16)29-5/h7-15H,1-6H3,(H,25,27). The summed E-state index contributed by atoms with van der Waals surface area (Å²) >= 11 is 0. The molecule has 0 radical (unpaired) electrons. The van der Waals surface area contributed by atoms with E-state index in [1.165, 1.54) is 0 Å². The summed E-state index contributed by atoms with van der Waals surface area (Å²) in [6.45, 7) is 6.17. The number of aromatic nitrogens is 1. The number of methoxy groups -OCH3 is 3. The lowest BCUT2D eigenvalue weighted by Gasteiger charge is -2.19. The number of fused-ring (bicyclic) bond motifs is 1. The minimum atomic E-state index is -0.122. The smallest absolute Gasteiger partial charge is 0.252 e. The Morgan fingerprint density at radius 2 is 1.57 bits per heavy atom. The summed E-state index contributed by atoms with van der Waals surface area (Å²) in [6, 6.07) is 13.2. The second kappa shape index (κ2) is 9.03. The predicted octanol–water partition coefficient (Wildman–Crippen LogP) is 4.70. The summed E-state index contributed by atoms with van der Waals surface area (Å²) in [5, 5.41) is 3.90. The molecule has 0 bridgehead atoms. The van der Waals surface area contributed by atoms with Gasteiger partial charge in [-0.25, -0.2) is 4.98 Å². The number of para-hydroxylation sites is 1. The van der Waals surface area contributed by atoms with Crippen LogP contribution in [0.2, 0.25) is 0 Å². The number of hydrogen-bond acceptors (Lipinski definition) is 5. The Balaban J connectivity index is 2.17. The second-order valence-corrected chi connectivity index (χ2v) is 7.49. The summed E-state index contributed by atoms with van der Waals surface area (Å²) in [4.78, 5) is 17.9. The molecule has 6 heteroatoms. The van der Waals surface area contributed by atoms with Crippen LogP contribution < -0.4 is 19.5 Å². The summed E-state index contributed by atoms with van der Waals surface area (Å²) in [5.74, 6) is 1.77. The molecule has 1 N–H and O–H groups in total. The van der Waals surface area contributed by atoms with Crippen LogP contribution in [0.3, 0.4) is 0 Å². The Kier molecular flexibility index (Phi) is 6.45. The average Bonchev–Trinajstić information content (AvgIpc) is 2.76. The molecule has 1 amide bonds. The molecule has 1 atom stereocenters. The first-order valence-electron chi connectivity index (χ1n) is 9.90. The lowest BCUT2D eigenvalue weighted by Crippen LogP contribution is -2.36. The molecule has 1 heterocycles. The van der Waals surface area contributed by atoms with E-state index in [0.29, 0.717) is 34.4 Å². The molecule has 30 heavy (non-hydrogen) atoms. The van der Waals surface area contributed by atoms with Crippen molar-refractivity contribution >= 4 is 16.8 Å². The lowest BCUT2D eigenvalue weighted by atomic mass is 10.0. The van der Waals surface area contributed by atoms with Gasteiger partial charge in [0.05, 0.1) is 38.1 Å². The fourth-order valence-corrected chi connectivity index (χ4v) is 3.19. The van der Waals surface area contributed by atoms with Crippen LogP contribution in [0, 0.1) is 5.92 Å². The van der Waals surface area contributed by atoms with E-state index in [1.54, 1.807) is 21.3 Å². The van der Waals surface area contributed by atoms with E-state index in [1.807, 2.05) is 49.4 Å². The highest BCUT2D eigenvalue weighted by Gasteiger charge is 2.19. The summed E-state index contributed by atoms with van der Waals surface area (Å²) in [6.07, 6.45) is 0. The van der Waals surface area contributed by atoms with Gasteiger partial charge in [0.15, 0.2) is 11.5 Å². The van der Waals surface area contributed by atoms with Crippen molar-refractivity contribution in [3.05, 3.63) is 48.0 Å². The number of nitrogens with one attached hydrogen (secondary N) is 1. The lowest BCUT2D eigenvalue weighted by molar-refractivity contribution is 0.0932. The molecular weight excluding hydrogens is 380 g/mol. The van der Waals surface area contributed by atoms with Gasteiger partial charge in [0.2, 0.25) is 5.75 Å². The molecule has 2 aromatic carbocycles. The average molecular weight is 408 g/mol. The number of ether oxygens (including phenoxy) is 3. The monoisotopic (exact) mass is 408 g/mol. The first-order chi connectivity index (χ1) is 14.4. The van der Waals surface area contributed by atoms with Gasteiger partial charge in [0.1, 0.15) is 0 Å². The SMILES string of the molecule is COc1cc(-c2cc(C(=O)NC(C)C(C)C)c3ccccc3n2)cc(OC)c1OC. The van der Waals surface area contributed by atoms with Crippen molar-refractivity contribution in [2.45, 2.75) is 26.8 Å². The number of benzene rings is 2. The van der Waals surface area contributed by atoms with E-state index in [2.05, 4.69) is 19.2 Å². The fourth-order valence-electron chi connectivity index (χ4n) is 3.19. The summed E-state index contributed by atoms with van der Waals surface area (Å²) in [7, 11) is 4.70. The fraction of sp³-hybridized carbons (Fsp3) is 0.333. The Labute approximate surface area is 177 Å². The zero-order valence-corrected chi connectivity index (χ0v) is 18.3. The zero-order valence-electron chi connectivity index (χ0n) is 18.3. The molecule has 0 aliphatic heterocycles. The van der Waals surface area contributed by atoms with Crippen LogP contribution in [0.5, 0.6) is 17.2 Å². The number of nitrogens with zero attached hydrogens (tertiary/aromatic N) is 1. The third-order valence-corrected chi connectivity index (χ3v) is 5.28. The van der Waals surface area contributed by atoms with Crippen LogP contribution in [-0.2, 0) is 0 Å². The van der Waals surface area contributed by atoms with Gasteiger partial charge in [-0.05, 0) is 37.1 Å². The molecule has 0 fully saturated rings. The molecule has 0 spiro atoms. The maximum Gasteiger partial charge on any atom is 0.252 e. The van der Waals surface area contributed by atoms with Crippen LogP contribution in [0.1, 0.15) is 31.1 Å². The molecule has 158 valence electrons. The molecule has 0 saturated heterocycles. The van der Waals surface area contributed by atoms with E-state index in [-0.39, 0.29) is 11.9 Å². The molecule has 0 aliphatic rings. The van der Waals surface area contributed by atoms with Crippen molar-refractivity contribution in [3.8, 4) is 28.5 Å². The van der Waals surface area contributed by atoms with Crippen LogP contribution in [0.4, 0.5) is 0 Å². The predicted molar refractivity (Wildman–Crippen MR) is 119 cm³/mol. The van der Waals surface area contributed by atoms with Crippen molar-refractivity contribution in [3.63, 3.8) is 0 Å². The van der Waals surface area contributed by atoms with Crippen molar-refractivity contribution in [1.29, 1.82) is 0 Å². The third-order valence-electron chi connectivity index (χ3n) is 5.28. The second-order valence-electron chi connectivity index (χ2n) is 7.49. The third kappa shape index (κ3) is 4.17. The largest absolute Gasteiger partial charge is 0.493 e. The van der Waals surface area contributed by atoms with Gasteiger partial charge in [0, 0.05) is 17.0 Å². The van der Waals surface area contributed by atoms with E-state index < -0.39 is 0 Å². The highest BCUT2D eigenvalue weighted by atomic mass is 16.5. The number of hydrogen-bond donors (Lipinski definition) is 1. The Morgan fingerprint density at radius 3 is 2.13 bits per heavy atom. The molecule has 1 unspecified atom stereocenters. The molecule has 3 aromatic rings. The first-order valence-corrected chi connectivity index (χ1v) is 9.90. The highest BCUT2D eigenvalue weighted by molar-refractivity contribution is 6.07. The van der Waals surface area contributed by atoms with E-state index in [4.69, 9.17) is 19.2 Å². The minimum Gasteiger partial charge on any atom is -0.493 e. The Morgan fingerprint density at radius 1 is 0.933 bits per heavy atom. The first kappa shape index (κ1) is 21.4.